The van der Waals surface area contributed by atoms with Crippen molar-refractivity contribution in [2.75, 3.05) is 0 Å². The summed E-state index contributed by atoms with van der Waals surface area (Å²) in [5.41, 5.74) is 3.32. The highest BCUT2D eigenvalue weighted by molar-refractivity contribution is 7.90. The van der Waals surface area contributed by atoms with Gasteiger partial charge in [-0.25, -0.2) is 13.4 Å². The number of nitrogens with zero attached hydrogens (tertiary/aromatic N) is 2. The maximum atomic E-state index is 13.2. The quantitative estimate of drug-likeness (QED) is 0.423. The molecule has 0 aliphatic heterocycles. The van der Waals surface area contributed by atoms with Crippen molar-refractivity contribution in [3.63, 3.8) is 0 Å². The lowest BCUT2D eigenvalue weighted by atomic mass is 10.1. The number of aryl methyl sites for hydroxylation is 1. The number of hydrogen-bond acceptors (Lipinski definition) is 5. The van der Waals surface area contributed by atoms with Gasteiger partial charge in [-0.15, -0.1) is 11.3 Å². The summed E-state index contributed by atoms with van der Waals surface area (Å²) in [6, 6.07) is 17.9. The van der Waals surface area contributed by atoms with Crippen LogP contribution in [0.15, 0.2) is 77.1 Å². The van der Waals surface area contributed by atoms with E-state index in [9.17, 15) is 13.2 Å². The highest BCUT2D eigenvalue weighted by Gasteiger charge is 2.22. The third kappa shape index (κ3) is 3.92. The molecule has 0 spiro atoms. The second-order valence-electron chi connectivity index (χ2n) is 6.68. The number of hydrogen-bond donors (Lipinski definition) is 0. The summed E-state index contributed by atoms with van der Waals surface area (Å²) in [7, 11) is -3.56. The molecule has 0 saturated carbocycles. The predicted octanol–water partition coefficient (Wildman–Crippen LogP) is 4.70. The molecule has 2 heterocycles. The number of carbonyl (C=O) groups excluding carboxylic acids is 1. The van der Waals surface area contributed by atoms with Crippen LogP contribution in [-0.2, 0) is 15.6 Å². The fourth-order valence-electron chi connectivity index (χ4n) is 3.15. The van der Waals surface area contributed by atoms with E-state index in [-0.39, 0.29) is 10.6 Å². The van der Waals surface area contributed by atoms with Gasteiger partial charge >= 0.3 is 0 Å². The summed E-state index contributed by atoms with van der Waals surface area (Å²) in [6.45, 7) is 1.92. The molecule has 0 unspecified atom stereocenters. The van der Waals surface area contributed by atoms with E-state index in [1.165, 1.54) is 11.3 Å². The van der Waals surface area contributed by atoms with Crippen LogP contribution in [0.4, 0.5) is 0 Å². The van der Waals surface area contributed by atoms with Gasteiger partial charge < -0.3 is 0 Å². The second kappa shape index (κ2) is 7.77. The first-order valence-electron chi connectivity index (χ1n) is 8.94. The van der Waals surface area contributed by atoms with Gasteiger partial charge in [-0.3, -0.25) is 9.36 Å². The van der Waals surface area contributed by atoms with Crippen molar-refractivity contribution in [1.29, 1.82) is 0 Å². The molecular weight excluding hydrogens is 404 g/mol. The van der Waals surface area contributed by atoms with Gasteiger partial charge in [-0.2, -0.15) is 0 Å². The van der Waals surface area contributed by atoms with Crippen molar-refractivity contribution < 1.29 is 13.2 Å². The molecule has 2 aromatic carbocycles. The molecule has 0 amide bonds. The van der Waals surface area contributed by atoms with Crippen molar-refractivity contribution in [1.82, 2.24) is 9.55 Å². The SMILES string of the molecule is Cc1ccc(S(=O)(=O)Cc2ccccc2)c(-c2csc(-n3cccc3C=O)n2)c1. The molecule has 0 atom stereocenters. The molecule has 4 aromatic rings. The zero-order valence-electron chi connectivity index (χ0n) is 15.6. The number of carbonyl (C=O) groups is 1. The van der Waals surface area contributed by atoms with Crippen LogP contribution in [0.2, 0.25) is 0 Å². The summed E-state index contributed by atoms with van der Waals surface area (Å²) < 4.78 is 28.0. The van der Waals surface area contributed by atoms with Crippen LogP contribution in [0.5, 0.6) is 0 Å². The Balaban J connectivity index is 1.78. The third-order valence-electron chi connectivity index (χ3n) is 4.54. The zero-order valence-corrected chi connectivity index (χ0v) is 17.3. The molecular formula is C22H18N2O3S2. The van der Waals surface area contributed by atoms with Gasteiger partial charge in [0.1, 0.15) is 0 Å². The highest BCUT2D eigenvalue weighted by atomic mass is 32.2. The fourth-order valence-corrected chi connectivity index (χ4v) is 5.54. The van der Waals surface area contributed by atoms with Crippen LogP contribution in [0.1, 0.15) is 21.6 Å². The number of aromatic nitrogens is 2. The lowest BCUT2D eigenvalue weighted by molar-refractivity contribution is 0.111. The minimum atomic E-state index is -3.56. The highest BCUT2D eigenvalue weighted by Crippen LogP contribution is 2.32. The molecule has 0 N–H and O–H groups in total. The topological polar surface area (TPSA) is 69.0 Å². The molecule has 0 radical (unpaired) electrons. The van der Waals surface area contributed by atoms with Crippen molar-refractivity contribution in [3.8, 4) is 16.4 Å². The normalized spacial score (nSPS) is 11.5. The van der Waals surface area contributed by atoms with Gasteiger partial charge in [-0.1, -0.05) is 42.0 Å². The standard InChI is InChI=1S/C22H18N2O3S2/c1-16-9-10-21(29(26,27)15-17-6-3-2-4-7-17)19(12-16)20-14-28-22(23-20)24-11-5-8-18(24)13-25/h2-14H,15H2,1H3. The van der Waals surface area contributed by atoms with E-state index in [1.54, 1.807) is 47.2 Å². The van der Waals surface area contributed by atoms with Gasteiger partial charge in [0, 0.05) is 17.1 Å². The van der Waals surface area contributed by atoms with Crippen molar-refractivity contribution >= 4 is 27.5 Å². The Bertz CT molecular complexity index is 1270. The maximum Gasteiger partial charge on any atom is 0.194 e. The molecule has 29 heavy (non-hydrogen) atoms. The largest absolute Gasteiger partial charge is 0.296 e. The Morgan fingerprint density at radius 3 is 2.62 bits per heavy atom. The molecule has 0 fully saturated rings. The Morgan fingerprint density at radius 2 is 1.86 bits per heavy atom. The average molecular weight is 423 g/mol. The fraction of sp³-hybridized carbons (Fsp3) is 0.0909. The van der Waals surface area contributed by atoms with Gasteiger partial charge in [-0.05, 0) is 36.8 Å². The van der Waals surface area contributed by atoms with E-state index in [4.69, 9.17) is 0 Å². The summed E-state index contributed by atoms with van der Waals surface area (Å²) >= 11 is 1.36. The van der Waals surface area contributed by atoms with Crippen molar-refractivity contribution in [2.45, 2.75) is 17.6 Å². The van der Waals surface area contributed by atoms with Gasteiger partial charge in [0.25, 0.3) is 0 Å². The van der Waals surface area contributed by atoms with Crippen LogP contribution in [0.3, 0.4) is 0 Å². The zero-order chi connectivity index (χ0) is 20.4. The Morgan fingerprint density at radius 1 is 1.07 bits per heavy atom. The van der Waals surface area contributed by atoms with E-state index >= 15 is 0 Å². The summed E-state index contributed by atoms with van der Waals surface area (Å²) in [4.78, 5) is 16.1. The van der Waals surface area contributed by atoms with Crippen LogP contribution in [-0.4, -0.2) is 24.3 Å². The number of thiazole rings is 1. The van der Waals surface area contributed by atoms with Crippen LogP contribution < -0.4 is 0 Å². The third-order valence-corrected chi connectivity index (χ3v) is 7.12. The van der Waals surface area contributed by atoms with Gasteiger partial charge in [0.15, 0.2) is 21.3 Å². The van der Waals surface area contributed by atoms with Crippen LogP contribution >= 0.6 is 11.3 Å². The molecule has 146 valence electrons. The number of benzene rings is 2. The molecule has 7 heteroatoms. The van der Waals surface area contributed by atoms with Gasteiger partial charge in [0.05, 0.1) is 22.0 Å². The molecule has 5 nitrogen and oxygen atoms in total. The van der Waals surface area contributed by atoms with Crippen molar-refractivity contribution in [3.05, 3.63) is 89.1 Å². The molecule has 0 saturated heterocycles. The first-order valence-corrected chi connectivity index (χ1v) is 11.5. The van der Waals surface area contributed by atoms with E-state index in [2.05, 4.69) is 4.98 Å². The summed E-state index contributed by atoms with van der Waals surface area (Å²) in [6.07, 6.45) is 2.53. The monoisotopic (exact) mass is 422 g/mol. The average Bonchev–Trinajstić information content (AvgIpc) is 3.37. The molecule has 0 aliphatic carbocycles. The first kappa shape index (κ1) is 19.3. The maximum absolute atomic E-state index is 13.2. The van der Waals surface area contributed by atoms with E-state index in [0.29, 0.717) is 22.1 Å². The minimum absolute atomic E-state index is 0.0756. The lowest BCUT2D eigenvalue weighted by Crippen LogP contribution is -2.07. The number of rotatable bonds is 6. The van der Waals surface area contributed by atoms with Crippen LogP contribution in [0.25, 0.3) is 16.4 Å². The van der Waals surface area contributed by atoms with E-state index in [1.807, 2.05) is 36.6 Å². The number of sulfone groups is 1. The molecule has 0 bridgehead atoms. The number of aldehydes is 1. The lowest BCUT2D eigenvalue weighted by Gasteiger charge is -2.10. The predicted molar refractivity (Wildman–Crippen MR) is 114 cm³/mol. The van der Waals surface area contributed by atoms with Crippen molar-refractivity contribution in [2.24, 2.45) is 0 Å². The smallest absolute Gasteiger partial charge is 0.194 e. The molecule has 4 rings (SSSR count). The summed E-state index contributed by atoms with van der Waals surface area (Å²) in [5, 5.41) is 2.43. The van der Waals surface area contributed by atoms with E-state index < -0.39 is 9.84 Å². The van der Waals surface area contributed by atoms with Gasteiger partial charge in [0.2, 0.25) is 0 Å². The first-order chi connectivity index (χ1) is 14.0. The second-order valence-corrected chi connectivity index (χ2v) is 9.48. The Kier molecular flexibility index (Phi) is 5.17. The Hall–Kier alpha value is -3.03. The van der Waals surface area contributed by atoms with Crippen LogP contribution in [0, 0.1) is 6.92 Å². The minimum Gasteiger partial charge on any atom is -0.296 e. The summed E-state index contributed by atoms with van der Waals surface area (Å²) in [5.74, 6) is -0.0756. The van der Waals surface area contributed by atoms with E-state index in [0.717, 1.165) is 17.4 Å². The Labute approximate surface area is 173 Å². The molecule has 0 aliphatic rings. The molecule has 2 aromatic heterocycles.